The van der Waals surface area contributed by atoms with Crippen LogP contribution in [0, 0.1) is 18.3 Å². The van der Waals surface area contributed by atoms with E-state index in [2.05, 4.69) is 49.7 Å². The maximum Gasteiger partial charge on any atom is 0.128 e. The third-order valence-corrected chi connectivity index (χ3v) is 8.24. The second kappa shape index (κ2) is 10.6. The molecule has 1 aromatic carbocycles. The molecule has 1 aliphatic carbocycles. The number of nitrogens with two attached hydrogens (primary N) is 1. The first-order valence-corrected chi connectivity index (χ1v) is 13.3. The Hall–Kier alpha value is -2.52. The Morgan fingerprint density at radius 1 is 1.29 bits per heavy atom. The van der Waals surface area contributed by atoms with Crippen molar-refractivity contribution < 1.29 is 4.39 Å². The van der Waals surface area contributed by atoms with Crippen molar-refractivity contribution in [2.75, 3.05) is 18.8 Å². The van der Waals surface area contributed by atoms with E-state index in [1.165, 1.54) is 24.0 Å². The molecule has 5 nitrogen and oxygen atoms in total. The van der Waals surface area contributed by atoms with Crippen LogP contribution in [0.25, 0.3) is 0 Å². The van der Waals surface area contributed by atoms with Gasteiger partial charge in [-0.2, -0.15) is 5.26 Å². The largest absolute Gasteiger partial charge is 0.398 e. The van der Waals surface area contributed by atoms with Crippen LogP contribution in [0.4, 0.5) is 10.1 Å². The number of alkyl halides is 1. The number of halogens is 1. The van der Waals surface area contributed by atoms with Gasteiger partial charge in [0.1, 0.15) is 18.1 Å². The van der Waals surface area contributed by atoms with Crippen LogP contribution in [0.15, 0.2) is 12.1 Å². The Balaban J connectivity index is 0.000000239. The maximum atomic E-state index is 12.8. The van der Waals surface area contributed by atoms with Crippen molar-refractivity contribution >= 4 is 5.69 Å². The molecule has 3 atom stereocenters. The molecule has 35 heavy (non-hydrogen) atoms. The molecule has 188 valence electrons. The van der Waals surface area contributed by atoms with E-state index in [0.29, 0.717) is 23.7 Å². The minimum atomic E-state index is -0.551. The fraction of sp³-hybridized carbons (Fsp3) is 0.621. The molecule has 2 aliphatic heterocycles. The van der Waals surface area contributed by atoms with Gasteiger partial charge < -0.3 is 5.73 Å². The Kier molecular flexibility index (Phi) is 7.76. The topological polar surface area (TPSA) is 78.8 Å². The predicted octanol–water partition coefficient (Wildman–Crippen LogP) is 5.61. The highest BCUT2D eigenvalue weighted by Gasteiger charge is 2.44. The van der Waals surface area contributed by atoms with Gasteiger partial charge in [-0.05, 0) is 94.0 Å². The summed E-state index contributed by atoms with van der Waals surface area (Å²) in [5.74, 6) is 1.23. The highest BCUT2D eigenvalue weighted by Crippen LogP contribution is 2.39. The molecule has 0 spiro atoms. The summed E-state index contributed by atoms with van der Waals surface area (Å²) in [5, 5.41) is 9.69. The predicted molar refractivity (Wildman–Crippen MR) is 139 cm³/mol. The highest BCUT2D eigenvalue weighted by molar-refractivity contribution is 5.61. The van der Waals surface area contributed by atoms with Crippen molar-refractivity contribution in [1.29, 1.82) is 5.26 Å². The summed E-state index contributed by atoms with van der Waals surface area (Å²) in [4.78, 5) is 11.7. The lowest BCUT2D eigenvalue weighted by Crippen LogP contribution is -2.34. The summed E-state index contributed by atoms with van der Waals surface area (Å²) < 4.78 is 12.8. The van der Waals surface area contributed by atoms with E-state index in [-0.39, 0.29) is 5.54 Å². The molecule has 3 aliphatic rings. The van der Waals surface area contributed by atoms with Gasteiger partial charge in [0.25, 0.3) is 0 Å². The number of nitrogen functional groups attached to an aromatic ring is 1. The molecular weight excluding hydrogens is 437 g/mol. The number of aryl methyl sites for hydroxylation is 3. The molecule has 5 rings (SSSR count). The van der Waals surface area contributed by atoms with Gasteiger partial charge in [0.2, 0.25) is 0 Å². The molecule has 3 heterocycles. The summed E-state index contributed by atoms with van der Waals surface area (Å²) in [5.41, 5.74) is 13.6. The van der Waals surface area contributed by atoms with Crippen LogP contribution in [0.3, 0.4) is 0 Å². The van der Waals surface area contributed by atoms with Crippen LogP contribution >= 0.6 is 0 Å². The zero-order valence-electron chi connectivity index (χ0n) is 21.8. The Labute approximate surface area is 210 Å². The zero-order chi connectivity index (χ0) is 25.2. The summed E-state index contributed by atoms with van der Waals surface area (Å²) >= 11 is 0. The summed E-state index contributed by atoms with van der Waals surface area (Å²) in [6.45, 7) is 10.4. The molecule has 1 aromatic heterocycles. The Morgan fingerprint density at radius 2 is 2.09 bits per heavy atom. The van der Waals surface area contributed by atoms with Gasteiger partial charge in [-0.1, -0.05) is 26.3 Å². The van der Waals surface area contributed by atoms with E-state index in [9.17, 15) is 9.65 Å². The third-order valence-electron chi connectivity index (χ3n) is 8.24. The van der Waals surface area contributed by atoms with E-state index in [4.69, 9.17) is 10.7 Å². The second-order valence-corrected chi connectivity index (χ2v) is 10.8. The fourth-order valence-electron chi connectivity index (χ4n) is 6.43. The van der Waals surface area contributed by atoms with Crippen molar-refractivity contribution in [3.63, 3.8) is 0 Å². The van der Waals surface area contributed by atoms with Gasteiger partial charge in [0, 0.05) is 35.6 Å². The molecule has 6 heteroatoms. The number of nitriles is 1. The Bertz CT molecular complexity index is 1110. The highest BCUT2D eigenvalue weighted by atomic mass is 19.1. The van der Waals surface area contributed by atoms with Gasteiger partial charge in [-0.3, -0.25) is 4.90 Å². The first-order valence-electron chi connectivity index (χ1n) is 13.3. The average Bonchev–Trinajstić information content (AvgIpc) is 3.32. The van der Waals surface area contributed by atoms with Crippen molar-refractivity contribution in [2.24, 2.45) is 0 Å². The van der Waals surface area contributed by atoms with E-state index >= 15 is 0 Å². The van der Waals surface area contributed by atoms with Gasteiger partial charge in [0.05, 0.1) is 5.56 Å². The lowest BCUT2D eigenvalue weighted by atomic mass is 9.77. The molecule has 2 N–H and O–H groups in total. The van der Waals surface area contributed by atoms with Gasteiger partial charge in [-0.15, -0.1) is 0 Å². The number of rotatable bonds is 4. The molecule has 3 unspecified atom stereocenters. The first kappa shape index (κ1) is 25.6. The number of aromatic nitrogens is 2. The molecular formula is C29H40FN5. The van der Waals surface area contributed by atoms with Crippen LogP contribution in [-0.4, -0.2) is 39.7 Å². The standard InChI is InChI=1S/C21H26N4.C8H14FN/c1-4-6-14-8-10-18(23)17(12-22)21(14)15-7-9-16-13(3)24-20(5-2)25-19(16)11-15;1-8-3-2-4-10(8)6-7(9)5-8/h8,10,15H,4-7,9,11,23H2,1-3H3;7H,2-6H2,1H3. The van der Waals surface area contributed by atoms with Crippen molar-refractivity contribution in [1.82, 2.24) is 14.9 Å². The first-order chi connectivity index (χ1) is 16.8. The van der Waals surface area contributed by atoms with Crippen molar-refractivity contribution in [2.45, 2.75) is 103 Å². The Morgan fingerprint density at radius 3 is 2.77 bits per heavy atom. The van der Waals surface area contributed by atoms with E-state index < -0.39 is 6.17 Å². The molecule has 0 saturated carbocycles. The van der Waals surface area contributed by atoms with Crippen molar-refractivity contribution in [3.8, 4) is 6.07 Å². The van der Waals surface area contributed by atoms with Crippen LogP contribution < -0.4 is 5.73 Å². The summed E-state index contributed by atoms with van der Waals surface area (Å²) in [7, 11) is 0. The maximum absolute atomic E-state index is 12.8. The quantitative estimate of drug-likeness (QED) is 0.579. The van der Waals surface area contributed by atoms with E-state index in [0.717, 1.165) is 74.3 Å². The SMILES string of the molecule is CC12CCCN1CC(F)C2.CCCc1ccc(N)c(C#N)c1C1CCc2c(C)nc(CC)nc2C1. The monoisotopic (exact) mass is 477 g/mol. The molecule has 2 fully saturated rings. The molecule has 0 amide bonds. The molecule has 2 saturated heterocycles. The third kappa shape index (κ3) is 5.21. The minimum Gasteiger partial charge on any atom is -0.398 e. The zero-order valence-corrected chi connectivity index (χ0v) is 21.8. The summed E-state index contributed by atoms with van der Waals surface area (Å²) in [6.07, 6.45) is 8.46. The number of hydrogen-bond acceptors (Lipinski definition) is 5. The van der Waals surface area contributed by atoms with E-state index in [1.54, 1.807) is 0 Å². The van der Waals surface area contributed by atoms with Crippen LogP contribution in [0.1, 0.15) is 98.3 Å². The normalized spacial score (nSPS) is 25.4. The van der Waals surface area contributed by atoms with Gasteiger partial charge in [0.15, 0.2) is 0 Å². The number of fused-ring (bicyclic) bond motifs is 2. The number of nitrogens with zero attached hydrogens (tertiary/aromatic N) is 4. The minimum absolute atomic E-state index is 0.236. The fourth-order valence-corrected chi connectivity index (χ4v) is 6.43. The van der Waals surface area contributed by atoms with Crippen LogP contribution in [0.2, 0.25) is 0 Å². The summed E-state index contributed by atoms with van der Waals surface area (Å²) in [6, 6.07) is 6.34. The average molecular weight is 478 g/mol. The smallest absolute Gasteiger partial charge is 0.128 e. The lowest BCUT2D eigenvalue weighted by molar-refractivity contribution is 0.217. The number of anilines is 1. The number of benzene rings is 1. The second-order valence-electron chi connectivity index (χ2n) is 10.8. The number of hydrogen-bond donors (Lipinski definition) is 1. The van der Waals surface area contributed by atoms with Gasteiger partial charge >= 0.3 is 0 Å². The van der Waals surface area contributed by atoms with Crippen molar-refractivity contribution in [3.05, 3.63) is 51.6 Å². The lowest BCUT2D eigenvalue weighted by Gasteiger charge is -2.28. The van der Waals surface area contributed by atoms with Gasteiger partial charge in [-0.25, -0.2) is 14.4 Å². The van der Waals surface area contributed by atoms with Crippen LogP contribution in [-0.2, 0) is 25.7 Å². The molecule has 0 bridgehead atoms. The van der Waals surface area contributed by atoms with Crippen LogP contribution in [0.5, 0.6) is 0 Å². The molecule has 2 aromatic rings. The van der Waals surface area contributed by atoms with E-state index in [1.807, 2.05) is 6.07 Å². The molecule has 0 radical (unpaired) electrons.